The van der Waals surface area contributed by atoms with Gasteiger partial charge in [0.05, 0.1) is 4.90 Å². The van der Waals surface area contributed by atoms with Gasteiger partial charge in [-0.25, -0.2) is 8.42 Å². The number of aryl methyl sites for hydroxylation is 1. The summed E-state index contributed by atoms with van der Waals surface area (Å²) in [6, 6.07) is 7.64. The third-order valence-electron chi connectivity index (χ3n) is 4.66. The van der Waals surface area contributed by atoms with Crippen molar-refractivity contribution in [1.82, 2.24) is 4.31 Å². The van der Waals surface area contributed by atoms with E-state index in [-0.39, 0.29) is 12.1 Å². The first-order valence-electron chi connectivity index (χ1n) is 8.61. The van der Waals surface area contributed by atoms with Crippen molar-refractivity contribution in [3.05, 3.63) is 29.8 Å². The molecule has 2 atom stereocenters. The van der Waals surface area contributed by atoms with Crippen molar-refractivity contribution in [3.8, 4) is 0 Å². The van der Waals surface area contributed by atoms with Gasteiger partial charge in [-0.1, -0.05) is 50.8 Å². The second kappa shape index (κ2) is 7.60. The molecule has 0 bridgehead atoms. The second-order valence-corrected chi connectivity index (χ2v) is 8.31. The van der Waals surface area contributed by atoms with Crippen molar-refractivity contribution in [2.45, 2.75) is 82.7 Å². The van der Waals surface area contributed by atoms with Crippen LogP contribution in [0.15, 0.2) is 29.2 Å². The molecule has 0 spiro atoms. The minimum atomic E-state index is -3.37. The smallest absolute Gasteiger partial charge is 0.207 e. The van der Waals surface area contributed by atoms with Gasteiger partial charge in [-0.15, -0.1) is 0 Å². The highest BCUT2D eigenvalue weighted by molar-refractivity contribution is 7.89. The van der Waals surface area contributed by atoms with E-state index >= 15 is 0 Å². The Morgan fingerprint density at radius 2 is 1.59 bits per heavy atom. The standard InChI is InChI=1S/C18H29NO2S/c1-4-6-8-17-12-11-16(7-5-2)19(17)22(20,21)18-13-9-15(3)10-14-18/h9-10,13-14,16-17H,4-8,11-12H2,1-3H3/t16-,17-/m1/s1. The third-order valence-corrected chi connectivity index (χ3v) is 6.68. The summed E-state index contributed by atoms with van der Waals surface area (Å²) in [5.41, 5.74) is 1.09. The third kappa shape index (κ3) is 3.72. The Hall–Kier alpha value is -0.870. The lowest BCUT2D eigenvalue weighted by atomic mass is 10.1. The van der Waals surface area contributed by atoms with Crippen LogP contribution in [0.3, 0.4) is 0 Å². The number of benzene rings is 1. The summed E-state index contributed by atoms with van der Waals surface area (Å²) in [6.45, 7) is 6.28. The lowest BCUT2D eigenvalue weighted by molar-refractivity contribution is 0.294. The van der Waals surface area contributed by atoms with E-state index < -0.39 is 10.0 Å². The van der Waals surface area contributed by atoms with Gasteiger partial charge in [0.15, 0.2) is 0 Å². The maximum Gasteiger partial charge on any atom is 0.243 e. The van der Waals surface area contributed by atoms with Crippen LogP contribution in [0.2, 0.25) is 0 Å². The first kappa shape index (κ1) is 17.5. The molecule has 1 fully saturated rings. The lowest BCUT2D eigenvalue weighted by Gasteiger charge is -2.29. The quantitative estimate of drug-likeness (QED) is 0.740. The van der Waals surface area contributed by atoms with Gasteiger partial charge in [0.1, 0.15) is 0 Å². The SMILES string of the molecule is CCCC[C@@H]1CC[C@@H](CCC)N1S(=O)(=O)c1ccc(C)cc1. The van der Waals surface area contributed by atoms with Crippen LogP contribution >= 0.6 is 0 Å². The molecule has 2 rings (SSSR count). The molecule has 0 radical (unpaired) electrons. The van der Waals surface area contributed by atoms with Crippen molar-refractivity contribution in [3.63, 3.8) is 0 Å². The summed E-state index contributed by atoms with van der Waals surface area (Å²) >= 11 is 0. The molecule has 4 heteroatoms. The molecule has 0 aliphatic carbocycles. The van der Waals surface area contributed by atoms with Gasteiger partial charge in [-0.3, -0.25) is 0 Å². The predicted molar refractivity (Wildman–Crippen MR) is 91.4 cm³/mol. The average Bonchev–Trinajstić information content (AvgIpc) is 2.89. The molecule has 0 saturated carbocycles. The van der Waals surface area contributed by atoms with E-state index in [1.807, 2.05) is 23.4 Å². The number of hydrogen-bond donors (Lipinski definition) is 0. The Kier molecular flexibility index (Phi) is 6.04. The van der Waals surface area contributed by atoms with E-state index in [1.165, 1.54) is 0 Å². The van der Waals surface area contributed by atoms with Gasteiger partial charge in [0.2, 0.25) is 10.0 Å². The van der Waals surface area contributed by atoms with E-state index in [2.05, 4.69) is 13.8 Å². The molecule has 1 aliphatic rings. The molecule has 124 valence electrons. The van der Waals surface area contributed by atoms with E-state index in [1.54, 1.807) is 12.1 Å². The van der Waals surface area contributed by atoms with Gasteiger partial charge in [-0.2, -0.15) is 4.31 Å². The molecule has 1 aromatic rings. The zero-order valence-corrected chi connectivity index (χ0v) is 14.9. The Morgan fingerprint density at radius 1 is 1.00 bits per heavy atom. The molecule has 0 unspecified atom stereocenters. The molecular weight excluding hydrogens is 294 g/mol. The number of rotatable bonds is 7. The first-order chi connectivity index (χ1) is 10.5. The Balaban J connectivity index is 2.31. The van der Waals surface area contributed by atoms with Crippen molar-refractivity contribution >= 4 is 10.0 Å². The summed E-state index contributed by atoms with van der Waals surface area (Å²) in [6.07, 6.45) is 7.22. The van der Waals surface area contributed by atoms with Crippen LogP contribution < -0.4 is 0 Å². The van der Waals surface area contributed by atoms with Crippen molar-refractivity contribution in [2.24, 2.45) is 0 Å². The number of sulfonamides is 1. The Morgan fingerprint density at radius 3 is 2.14 bits per heavy atom. The van der Waals surface area contributed by atoms with Crippen LogP contribution in [0.4, 0.5) is 0 Å². The van der Waals surface area contributed by atoms with Crippen molar-refractivity contribution in [1.29, 1.82) is 0 Å². The van der Waals surface area contributed by atoms with E-state index in [0.29, 0.717) is 4.90 Å². The molecule has 1 saturated heterocycles. The summed E-state index contributed by atoms with van der Waals surface area (Å²) in [5, 5.41) is 0. The largest absolute Gasteiger partial charge is 0.243 e. The fourth-order valence-electron chi connectivity index (χ4n) is 3.48. The zero-order chi connectivity index (χ0) is 16.2. The van der Waals surface area contributed by atoms with Crippen LogP contribution in [0.25, 0.3) is 0 Å². The van der Waals surface area contributed by atoms with Gasteiger partial charge < -0.3 is 0 Å². The molecule has 0 aromatic heterocycles. The van der Waals surface area contributed by atoms with Gasteiger partial charge in [0.25, 0.3) is 0 Å². The molecule has 1 heterocycles. The number of nitrogens with zero attached hydrogens (tertiary/aromatic N) is 1. The van der Waals surface area contributed by atoms with Crippen molar-refractivity contribution < 1.29 is 8.42 Å². The van der Waals surface area contributed by atoms with Crippen LogP contribution in [0.5, 0.6) is 0 Å². The molecule has 1 aromatic carbocycles. The predicted octanol–water partition coefficient (Wildman–Crippen LogP) is 4.51. The van der Waals surface area contributed by atoms with Crippen molar-refractivity contribution in [2.75, 3.05) is 0 Å². The first-order valence-corrected chi connectivity index (χ1v) is 10.0. The molecular formula is C18H29NO2S. The van der Waals surface area contributed by atoms with Crippen LogP contribution in [0.1, 0.15) is 64.4 Å². The fraction of sp³-hybridized carbons (Fsp3) is 0.667. The van der Waals surface area contributed by atoms with Gasteiger partial charge in [0, 0.05) is 12.1 Å². The second-order valence-electron chi connectivity index (χ2n) is 6.46. The number of hydrogen-bond acceptors (Lipinski definition) is 2. The molecule has 3 nitrogen and oxygen atoms in total. The monoisotopic (exact) mass is 323 g/mol. The summed E-state index contributed by atoms with van der Waals surface area (Å²) in [7, 11) is -3.37. The minimum Gasteiger partial charge on any atom is -0.207 e. The van der Waals surface area contributed by atoms with E-state index in [9.17, 15) is 8.42 Å². The van der Waals surface area contributed by atoms with Crippen LogP contribution in [-0.2, 0) is 10.0 Å². The average molecular weight is 324 g/mol. The van der Waals surface area contributed by atoms with E-state index in [0.717, 1.165) is 50.5 Å². The lowest BCUT2D eigenvalue weighted by Crippen LogP contribution is -2.41. The molecule has 0 amide bonds. The summed E-state index contributed by atoms with van der Waals surface area (Å²) in [4.78, 5) is 0.447. The Labute approximate surface area is 135 Å². The molecule has 1 aliphatic heterocycles. The fourth-order valence-corrected chi connectivity index (χ4v) is 5.41. The van der Waals surface area contributed by atoms with E-state index in [4.69, 9.17) is 0 Å². The zero-order valence-electron chi connectivity index (χ0n) is 14.1. The highest BCUT2D eigenvalue weighted by Crippen LogP contribution is 2.35. The normalized spacial score (nSPS) is 23.0. The summed E-state index contributed by atoms with van der Waals surface area (Å²) < 4.78 is 28.1. The minimum absolute atomic E-state index is 0.179. The maximum absolute atomic E-state index is 13.1. The highest BCUT2D eigenvalue weighted by Gasteiger charge is 2.41. The highest BCUT2D eigenvalue weighted by atomic mass is 32.2. The maximum atomic E-state index is 13.1. The van der Waals surface area contributed by atoms with Gasteiger partial charge in [-0.05, 0) is 44.7 Å². The van der Waals surface area contributed by atoms with Crippen LogP contribution in [-0.4, -0.2) is 24.8 Å². The topological polar surface area (TPSA) is 37.4 Å². The number of unbranched alkanes of at least 4 members (excludes halogenated alkanes) is 1. The molecule has 0 N–H and O–H groups in total. The summed E-state index contributed by atoms with van der Waals surface area (Å²) in [5.74, 6) is 0. The Bertz CT molecular complexity index is 565. The van der Waals surface area contributed by atoms with Crippen LogP contribution in [0, 0.1) is 6.92 Å². The molecule has 22 heavy (non-hydrogen) atoms. The van der Waals surface area contributed by atoms with Gasteiger partial charge >= 0.3 is 0 Å².